The lowest BCUT2D eigenvalue weighted by molar-refractivity contribution is -0.384. The van der Waals surface area contributed by atoms with Gasteiger partial charge in [0.25, 0.3) is 0 Å². The van der Waals surface area contributed by atoms with Gasteiger partial charge in [0.05, 0.1) is 11.0 Å². The van der Waals surface area contributed by atoms with Gasteiger partial charge < -0.3 is 14.8 Å². The monoisotopic (exact) mass is 291 g/mol. The van der Waals surface area contributed by atoms with Crippen molar-refractivity contribution < 1.29 is 19.2 Å². The van der Waals surface area contributed by atoms with Crippen LogP contribution in [0.5, 0.6) is 0 Å². The number of rotatable bonds is 5. The molecule has 2 N–H and O–H groups in total. The van der Waals surface area contributed by atoms with Crippen LogP contribution in [0.1, 0.15) is 35.0 Å². The molecule has 0 aromatic carbocycles. The Kier molecular flexibility index (Phi) is 3.88. The lowest BCUT2D eigenvalue weighted by Gasteiger charge is -2.12. The minimum absolute atomic E-state index is 0.110. The number of nitrogens with zero attached hydrogens (tertiary/aromatic N) is 2. The molecule has 0 spiro atoms. The molecule has 0 bridgehead atoms. The van der Waals surface area contributed by atoms with Crippen LogP contribution in [0, 0.1) is 17.0 Å². The molecule has 2 rings (SSSR count). The van der Waals surface area contributed by atoms with Crippen molar-refractivity contribution in [3.8, 4) is 0 Å². The Morgan fingerprint density at radius 1 is 1.43 bits per heavy atom. The summed E-state index contributed by atoms with van der Waals surface area (Å²) in [7, 11) is 0. The molecule has 8 nitrogen and oxygen atoms in total. The van der Waals surface area contributed by atoms with Crippen LogP contribution in [0.2, 0.25) is 0 Å². The molecule has 21 heavy (non-hydrogen) atoms. The maximum atomic E-state index is 11.0. The highest BCUT2D eigenvalue weighted by Gasteiger charge is 2.21. The molecular weight excluding hydrogens is 278 g/mol. The fourth-order valence-electron chi connectivity index (χ4n) is 1.79. The second kappa shape index (κ2) is 5.61. The molecule has 1 unspecified atom stereocenters. The van der Waals surface area contributed by atoms with E-state index in [9.17, 15) is 14.9 Å². The van der Waals surface area contributed by atoms with Gasteiger partial charge in [0.15, 0.2) is 5.69 Å². The minimum Gasteiger partial charge on any atom is -0.477 e. The number of anilines is 1. The first-order valence-electron chi connectivity index (χ1n) is 6.10. The van der Waals surface area contributed by atoms with Gasteiger partial charge in [-0.25, -0.2) is 9.78 Å². The van der Waals surface area contributed by atoms with Crippen LogP contribution in [0.15, 0.2) is 28.7 Å². The zero-order valence-corrected chi connectivity index (χ0v) is 11.4. The van der Waals surface area contributed by atoms with E-state index in [4.69, 9.17) is 9.52 Å². The molecule has 0 radical (unpaired) electrons. The Hall–Kier alpha value is -2.90. The van der Waals surface area contributed by atoms with Crippen LogP contribution < -0.4 is 5.32 Å². The first kappa shape index (κ1) is 14.5. The molecule has 0 amide bonds. The average molecular weight is 291 g/mol. The van der Waals surface area contributed by atoms with Crippen molar-refractivity contribution in [2.75, 3.05) is 5.32 Å². The maximum absolute atomic E-state index is 11.0. The van der Waals surface area contributed by atoms with Gasteiger partial charge in [-0.1, -0.05) is 0 Å². The minimum atomic E-state index is -1.26. The van der Waals surface area contributed by atoms with E-state index >= 15 is 0 Å². The molecule has 0 aliphatic heterocycles. The van der Waals surface area contributed by atoms with E-state index in [2.05, 4.69) is 10.3 Å². The number of carboxylic acids is 1. The largest absolute Gasteiger partial charge is 0.477 e. The summed E-state index contributed by atoms with van der Waals surface area (Å²) in [6.07, 6.45) is 0. The van der Waals surface area contributed by atoms with Crippen LogP contribution in [0.3, 0.4) is 0 Å². The van der Waals surface area contributed by atoms with E-state index in [0.717, 1.165) is 12.1 Å². The number of carbonyl (C=O) groups is 1. The van der Waals surface area contributed by atoms with Gasteiger partial charge in [-0.2, -0.15) is 0 Å². The lowest BCUT2D eigenvalue weighted by atomic mass is 10.2. The first-order valence-corrected chi connectivity index (χ1v) is 6.10. The molecule has 110 valence electrons. The summed E-state index contributed by atoms with van der Waals surface area (Å²) in [5, 5.41) is 22.7. The number of carboxylic acid groups (broad SMARTS) is 1. The molecule has 0 saturated carbocycles. The number of aryl methyl sites for hydroxylation is 1. The molecule has 2 aromatic heterocycles. The highest BCUT2D eigenvalue weighted by molar-refractivity contribution is 5.86. The van der Waals surface area contributed by atoms with Gasteiger partial charge >= 0.3 is 11.7 Å². The highest BCUT2D eigenvalue weighted by atomic mass is 16.6. The molecule has 8 heteroatoms. The summed E-state index contributed by atoms with van der Waals surface area (Å²) in [6.45, 7) is 3.51. The topological polar surface area (TPSA) is 119 Å². The summed E-state index contributed by atoms with van der Waals surface area (Å²) in [5.74, 6) is -0.0828. The predicted molar refractivity (Wildman–Crippen MR) is 73.3 cm³/mol. The smallest absolute Gasteiger partial charge is 0.354 e. The third kappa shape index (κ3) is 3.16. The van der Waals surface area contributed by atoms with Crippen LogP contribution in [-0.2, 0) is 0 Å². The van der Waals surface area contributed by atoms with Crippen LogP contribution in [0.25, 0.3) is 0 Å². The number of aromatic carboxylic acids is 1. The van der Waals surface area contributed by atoms with Crippen molar-refractivity contribution in [3.63, 3.8) is 0 Å². The molecule has 0 fully saturated rings. The average Bonchev–Trinajstić information content (AvgIpc) is 2.85. The third-order valence-corrected chi connectivity index (χ3v) is 2.83. The Morgan fingerprint density at radius 3 is 2.67 bits per heavy atom. The molecule has 0 aliphatic carbocycles. The summed E-state index contributed by atoms with van der Waals surface area (Å²) < 4.78 is 5.42. The van der Waals surface area contributed by atoms with E-state index in [1.165, 1.54) is 0 Å². The van der Waals surface area contributed by atoms with Crippen molar-refractivity contribution in [1.82, 2.24) is 4.98 Å². The Labute approximate surface area is 119 Å². The fourth-order valence-corrected chi connectivity index (χ4v) is 1.79. The standard InChI is InChI=1S/C13H13N3O5/c1-7-3-6-11(21-7)8(2)14-12-10(16(19)20)5-4-9(15-12)13(17)18/h3-6,8H,1-2H3,(H,14,15)(H,17,18). The number of furan rings is 1. The third-order valence-electron chi connectivity index (χ3n) is 2.83. The Morgan fingerprint density at radius 2 is 2.14 bits per heavy atom. The van der Waals surface area contributed by atoms with Crippen molar-refractivity contribution in [2.24, 2.45) is 0 Å². The van der Waals surface area contributed by atoms with Crippen LogP contribution >= 0.6 is 0 Å². The highest BCUT2D eigenvalue weighted by Crippen LogP contribution is 2.27. The quantitative estimate of drug-likeness (QED) is 0.642. The summed E-state index contributed by atoms with van der Waals surface area (Å²) in [4.78, 5) is 25.0. The molecule has 0 aliphatic rings. The van der Waals surface area contributed by atoms with Gasteiger partial charge in [0.2, 0.25) is 5.82 Å². The van der Waals surface area contributed by atoms with Crippen LogP contribution in [-0.4, -0.2) is 21.0 Å². The zero-order chi connectivity index (χ0) is 15.6. The van der Waals surface area contributed by atoms with Crippen molar-refractivity contribution in [2.45, 2.75) is 19.9 Å². The van der Waals surface area contributed by atoms with Gasteiger partial charge in [0, 0.05) is 6.07 Å². The normalized spacial score (nSPS) is 11.9. The predicted octanol–water partition coefficient (Wildman–Crippen LogP) is 2.76. The lowest BCUT2D eigenvalue weighted by Crippen LogP contribution is -2.11. The number of hydrogen-bond donors (Lipinski definition) is 2. The molecule has 2 heterocycles. The van der Waals surface area contributed by atoms with E-state index in [1.54, 1.807) is 26.0 Å². The van der Waals surface area contributed by atoms with E-state index in [0.29, 0.717) is 11.5 Å². The van der Waals surface area contributed by atoms with Crippen LogP contribution in [0.4, 0.5) is 11.5 Å². The summed E-state index contributed by atoms with van der Waals surface area (Å²) in [5.41, 5.74) is -0.568. The Bertz CT molecular complexity index is 695. The van der Waals surface area contributed by atoms with Gasteiger partial charge in [-0.05, 0) is 32.0 Å². The molecule has 1 atom stereocenters. The van der Waals surface area contributed by atoms with E-state index < -0.39 is 16.9 Å². The van der Waals surface area contributed by atoms with E-state index in [1.807, 2.05) is 0 Å². The van der Waals surface area contributed by atoms with E-state index in [-0.39, 0.29) is 17.2 Å². The number of nitro groups is 1. The number of pyridine rings is 1. The van der Waals surface area contributed by atoms with Gasteiger partial charge in [0.1, 0.15) is 11.5 Å². The van der Waals surface area contributed by atoms with Gasteiger partial charge in [-0.15, -0.1) is 0 Å². The first-order chi connectivity index (χ1) is 9.88. The van der Waals surface area contributed by atoms with Crippen molar-refractivity contribution in [3.05, 3.63) is 51.6 Å². The number of hydrogen-bond acceptors (Lipinski definition) is 6. The summed E-state index contributed by atoms with van der Waals surface area (Å²) in [6, 6.07) is 5.31. The zero-order valence-electron chi connectivity index (χ0n) is 11.4. The summed E-state index contributed by atoms with van der Waals surface area (Å²) >= 11 is 0. The van der Waals surface area contributed by atoms with Crippen molar-refractivity contribution in [1.29, 1.82) is 0 Å². The molecule has 0 saturated heterocycles. The fraction of sp³-hybridized carbons (Fsp3) is 0.231. The van der Waals surface area contributed by atoms with Gasteiger partial charge in [-0.3, -0.25) is 10.1 Å². The van der Waals surface area contributed by atoms with Crippen molar-refractivity contribution >= 4 is 17.5 Å². The SMILES string of the molecule is Cc1ccc(C(C)Nc2nc(C(=O)O)ccc2[N+](=O)[O-])o1. The second-order valence-electron chi connectivity index (χ2n) is 4.44. The maximum Gasteiger partial charge on any atom is 0.354 e. The molecule has 2 aromatic rings. The Balaban J connectivity index is 2.34. The second-order valence-corrected chi connectivity index (χ2v) is 4.44. The number of aromatic nitrogens is 1. The number of nitrogens with one attached hydrogen (secondary N) is 1. The molecular formula is C13H13N3O5.